The molecule has 1 aromatic rings. The fourth-order valence-corrected chi connectivity index (χ4v) is 2.72. The third-order valence-electron chi connectivity index (χ3n) is 3.04. The Labute approximate surface area is 102 Å². The number of carbonyl (C=O) groups is 1. The van der Waals surface area contributed by atoms with Gasteiger partial charge in [0.05, 0.1) is 10.1 Å². The highest BCUT2D eigenvalue weighted by molar-refractivity contribution is 7.92. The summed E-state index contributed by atoms with van der Waals surface area (Å²) in [5.41, 5.74) is 0.621. The summed E-state index contributed by atoms with van der Waals surface area (Å²) in [7, 11) is -3.24. The lowest BCUT2D eigenvalue weighted by atomic mass is 10.1. The molecule has 0 aliphatic heterocycles. The lowest BCUT2D eigenvalue weighted by Gasteiger charge is -2.08. The van der Waals surface area contributed by atoms with Crippen LogP contribution in [-0.2, 0) is 9.84 Å². The minimum Gasteiger partial charge on any atom is -0.294 e. The number of rotatable bonds is 4. The zero-order chi connectivity index (χ0) is 12.6. The molecular formula is C13H16O3S. The first-order valence-corrected chi connectivity index (χ1v) is 7.35. The Morgan fingerprint density at radius 3 is 2.12 bits per heavy atom. The third kappa shape index (κ3) is 2.41. The first-order chi connectivity index (χ1) is 7.93. The van der Waals surface area contributed by atoms with E-state index in [2.05, 4.69) is 0 Å². The third-order valence-corrected chi connectivity index (χ3v) is 5.21. The van der Waals surface area contributed by atoms with E-state index in [1.54, 1.807) is 26.0 Å². The van der Waals surface area contributed by atoms with Crippen LogP contribution in [0.2, 0.25) is 0 Å². The summed E-state index contributed by atoms with van der Waals surface area (Å²) in [6.07, 6.45) is 1.93. The molecule has 3 nitrogen and oxygen atoms in total. The fraction of sp³-hybridized carbons (Fsp3) is 0.462. The number of Topliss-reactive ketones (excluding diaryl/α,β-unsaturated/α-hetero) is 1. The van der Waals surface area contributed by atoms with Crippen molar-refractivity contribution in [3.63, 3.8) is 0 Å². The molecule has 0 aromatic heterocycles. The van der Waals surface area contributed by atoms with E-state index in [9.17, 15) is 13.2 Å². The molecule has 0 radical (unpaired) electrons. The average molecular weight is 252 g/mol. The van der Waals surface area contributed by atoms with Gasteiger partial charge in [-0.1, -0.05) is 12.1 Å². The second-order valence-electron chi connectivity index (χ2n) is 4.76. The molecule has 2 rings (SSSR count). The molecule has 0 spiro atoms. The van der Waals surface area contributed by atoms with Gasteiger partial charge in [0.1, 0.15) is 0 Å². The van der Waals surface area contributed by atoms with Crippen LogP contribution in [0.1, 0.15) is 37.0 Å². The van der Waals surface area contributed by atoms with Crippen molar-refractivity contribution in [3.8, 4) is 0 Å². The summed E-state index contributed by atoms with van der Waals surface area (Å²) >= 11 is 0. The van der Waals surface area contributed by atoms with E-state index in [-0.39, 0.29) is 11.7 Å². The lowest BCUT2D eigenvalue weighted by Crippen LogP contribution is -2.14. The topological polar surface area (TPSA) is 51.2 Å². The summed E-state index contributed by atoms with van der Waals surface area (Å²) in [5.74, 6) is 0.307. The molecule has 1 aromatic carbocycles. The number of hydrogen-bond donors (Lipinski definition) is 0. The molecule has 0 heterocycles. The van der Waals surface area contributed by atoms with Crippen molar-refractivity contribution in [2.24, 2.45) is 5.92 Å². The Balaban J connectivity index is 2.27. The van der Waals surface area contributed by atoms with Crippen LogP contribution >= 0.6 is 0 Å². The first-order valence-electron chi connectivity index (χ1n) is 5.81. The van der Waals surface area contributed by atoms with Gasteiger partial charge in [-0.15, -0.1) is 0 Å². The van der Waals surface area contributed by atoms with Crippen molar-refractivity contribution < 1.29 is 13.2 Å². The molecule has 0 atom stereocenters. The molecule has 4 heteroatoms. The molecular weight excluding hydrogens is 236 g/mol. The van der Waals surface area contributed by atoms with Crippen LogP contribution in [0.4, 0.5) is 0 Å². The van der Waals surface area contributed by atoms with Crippen molar-refractivity contribution in [2.75, 3.05) is 0 Å². The van der Waals surface area contributed by atoms with Gasteiger partial charge in [-0.3, -0.25) is 4.79 Å². The Morgan fingerprint density at radius 1 is 1.18 bits per heavy atom. The number of carbonyl (C=O) groups excluding carboxylic acids is 1. The normalized spacial score (nSPS) is 16.2. The maximum atomic E-state index is 11.9. The van der Waals surface area contributed by atoms with Crippen LogP contribution in [0.3, 0.4) is 0 Å². The standard InChI is InChI=1S/C13H16O3S/c1-9(2)17(15,16)12-7-5-11(6-8-12)13(14)10-3-4-10/h5-10H,3-4H2,1-2H3. The zero-order valence-electron chi connectivity index (χ0n) is 10.0. The molecule has 0 N–H and O–H groups in total. The van der Waals surface area contributed by atoms with E-state index < -0.39 is 15.1 Å². The molecule has 0 saturated heterocycles. The molecule has 92 valence electrons. The highest BCUT2D eigenvalue weighted by atomic mass is 32.2. The second-order valence-corrected chi connectivity index (χ2v) is 7.26. The van der Waals surface area contributed by atoms with Gasteiger partial charge >= 0.3 is 0 Å². The molecule has 1 saturated carbocycles. The summed E-state index contributed by atoms with van der Waals surface area (Å²) < 4.78 is 23.7. The predicted octanol–water partition coefficient (Wildman–Crippen LogP) is 2.46. The molecule has 1 fully saturated rings. The summed E-state index contributed by atoms with van der Waals surface area (Å²) in [6, 6.07) is 6.31. The van der Waals surface area contributed by atoms with Crippen LogP contribution in [0, 0.1) is 5.92 Å². The van der Waals surface area contributed by atoms with Gasteiger partial charge in [0, 0.05) is 11.5 Å². The van der Waals surface area contributed by atoms with Crippen LogP contribution in [0.25, 0.3) is 0 Å². The van der Waals surface area contributed by atoms with Gasteiger partial charge in [-0.25, -0.2) is 8.42 Å². The van der Waals surface area contributed by atoms with Crippen LogP contribution in [0.15, 0.2) is 29.2 Å². The molecule has 0 unspecified atom stereocenters. The van der Waals surface area contributed by atoms with Crippen molar-refractivity contribution >= 4 is 15.6 Å². The Morgan fingerprint density at radius 2 is 1.71 bits per heavy atom. The highest BCUT2D eigenvalue weighted by Crippen LogP contribution is 2.32. The highest BCUT2D eigenvalue weighted by Gasteiger charge is 2.30. The maximum absolute atomic E-state index is 11.9. The monoisotopic (exact) mass is 252 g/mol. The van der Waals surface area contributed by atoms with Gasteiger partial charge < -0.3 is 0 Å². The van der Waals surface area contributed by atoms with Crippen LogP contribution in [-0.4, -0.2) is 19.5 Å². The van der Waals surface area contributed by atoms with Crippen LogP contribution in [0.5, 0.6) is 0 Å². The first kappa shape index (κ1) is 12.3. The van der Waals surface area contributed by atoms with Crippen molar-refractivity contribution in [1.29, 1.82) is 0 Å². The van der Waals surface area contributed by atoms with E-state index in [0.29, 0.717) is 10.5 Å². The van der Waals surface area contributed by atoms with Gasteiger partial charge in [-0.05, 0) is 38.8 Å². The van der Waals surface area contributed by atoms with E-state index >= 15 is 0 Å². The summed E-state index contributed by atoms with van der Waals surface area (Å²) in [4.78, 5) is 12.0. The van der Waals surface area contributed by atoms with Gasteiger partial charge in [0.15, 0.2) is 15.6 Å². The number of hydrogen-bond acceptors (Lipinski definition) is 3. The summed E-state index contributed by atoms with van der Waals surface area (Å²) in [5, 5.41) is -0.438. The quantitative estimate of drug-likeness (QED) is 0.773. The smallest absolute Gasteiger partial charge is 0.180 e. The maximum Gasteiger partial charge on any atom is 0.180 e. The second kappa shape index (κ2) is 4.26. The van der Waals surface area contributed by atoms with Crippen molar-refractivity contribution in [3.05, 3.63) is 29.8 Å². The Kier molecular flexibility index (Phi) is 3.08. The average Bonchev–Trinajstić information content (AvgIpc) is 3.12. The van der Waals surface area contributed by atoms with E-state index in [1.807, 2.05) is 0 Å². The van der Waals surface area contributed by atoms with Gasteiger partial charge in [-0.2, -0.15) is 0 Å². The fourth-order valence-electron chi connectivity index (χ4n) is 1.66. The van der Waals surface area contributed by atoms with Crippen LogP contribution < -0.4 is 0 Å². The molecule has 1 aliphatic carbocycles. The number of sulfone groups is 1. The number of benzene rings is 1. The van der Waals surface area contributed by atoms with E-state index in [4.69, 9.17) is 0 Å². The Bertz CT molecular complexity index is 522. The van der Waals surface area contributed by atoms with Gasteiger partial charge in [0.2, 0.25) is 0 Å². The SMILES string of the molecule is CC(C)S(=O)(=O)c1ccc(C(=O)C2CC2)cc1. The Hall–Kier alpha value is -1.16. The molecule has 0 bridgehead atoms. The number of ketones is 1. The van der Waals surface area contributed by atoms with Crippen molar-refractivity contribution in [1.82, 2.24) is 0 Å². The minimum atomic E-state index is -3.24. The predicted molar refractivity (Wildman–Crippen MR) is 65.8 cm³/mol. The van der Waals surface area contributed by atoms with E-state index in [0.717, 1.165) is 12.8 Å². The van der Waals surface area contributed by atoms with Gasteiger partial charge in [0.25, 0.3) is 0 Å². The molecule has 0 amide bonds. The lowest BCUT2D eigenvalue weighted by molar-refractivity contribution is 0.0967. The largest absolute Gasteiger partial charge is 0.294 e. The molecule has 1 aliphatic rings. The molecule has 17 heavy (non-hydrogen) atoms. The van der Waals surface area contributed by atoms with E-state index in [1.165, 1.54) is 12.1 Å². The van der Waals surface area contributed by atoms with Crippen molar-refractivity contribution in [2.45, 2.75) is 36.8 Å². The summed E-state index contributed by atoms with van der Waals surface area (Å²) in [6.45, 7) is 3.30. The zero-order valence-corrected chi connectivity index (χ0v) is 10.8. The minimum absolute atomic E-state index is 0.137.